The second kappa shape index (κ2) is 3.38. The lowest BCUT2D eigenvalue weighted by Gasteiger charge is -2.04. The number of nitrogens with two attached hydrogens (primary N) is 1. The summed E-state index contributed by atoms with van der Waals surface area (Å²) in [5.41, 5.74) is 8.46. The van der Waals surface area contributed by atoms with Crippen molar-refractivity contribution in [2.45, 2.75) is 13.8 Å². The summed E-state index contributed by atoms with van der Waals surface area (Å²) in [5, 5.41) is 6.63. The highest BCUT2D eigenvalue weighted by Gasteiger charge is 2.07. The third-order valence-corrected chi connectivity index (χ3v) is 2.35. The smallest absolute Gasteiger partial charge is 0.145 e. The van der Waals surface area contributed by atoms with Gasteiger partial charge in [-0.05, 0) is 37.1 Å². The Hall–Kier alpha value is -1.84. The molecule has 0 saturated carbocycles. The van der Waals surface area contributed by atoms with Gasteiger partial charge in [0.2, 0.25) is 0 Å². The number of hydrogen-bond acceptors (Lipinski definition) is 2. The lowest BCUT2D eigenvalue weighted by atomic mass is 10.0. The first-order valence-corrected chi connectivity index (χ1v) is 4.66. The van der Waals surface area contributed by atoms with E-state index in [9.17, 15) is 4.39 Å². The van der Waals surface area contributed by atoms with Gasteiger partial charge in [0, 0.05) is 11.6 Å². The predicted molar refractivity (Wildman–Crippen MR) is 57.9 cm³/mol. The first-order valence-electron chi connectivity index (χ1n) is 4.66. The standard InChI is InChI=1S/C11H12FN3/c1-6-3-8(4-7(2)11(6)12)9-5-10(13)15-14-9/h3-5H,1-2H3,(H3,13,14,15). The fourth-order valence-corrected chi connectivity index (χ4v) is 1.59. The van der Waals surface area contributed by atoms with E-state index in [2.05, 4.69) is 10.2 Å². The van der Waals surface area contributed by atoms with Crippen LogP contribution in [0.3, 0.4) is 0 Å². The molecule has 0 aliphatic carbocycles. The number of H-pyrrole nitrogens is 1. The normalized spacial score (nSPS) is 10.6. The molecule has 0 aliphatic rings. The molecule has 0 bridgehead atoms. The molecule has 0 amide bonds. The monoisotopic (exact) mass is 205 g/mol. The van der Waals surface area contributed by atoms with Crippen LogP contribution in [0.1, 0.15) is 11.1 Å². The zero-order valence-corrected chi connectivity index (χ0v) is 8.63. The van der Waals surface area contributed by atoms with E-state index >= 15 is 0 Å². The molecule has 0 spiro atoms. The fraction of sp³-hybridized carbons (Fsp3) is 0.182. The fourth-order valence-electron chi connectivity index (χ4n) is 1.59. The highest BCUT2D eigenvalue weighted by molar-refractivity contribution is 5.63. The van der Waals surface area contributed by atoms with E-state index < -0.39 is 0 Å². The van der Waals surface area contributed by atoms with Gasteiger partial charge in [-0.2, -0.15) is 5.10 Å². The summed E-state index contributed by atoms with van der Waals surface area (Å²) in [5.74, 6) is 0.274. The molecule has 0 radical (unpaired) electrons. The van der Waals surface area contributed by atoms with E-state index in [1.165, 1.54) is 0 Å². The minimum Gasteiger partial charge on any atom is -0.382 e. The molecule has 3 N–H and O–H groups in total. The first-order chi connectivity index (χ1) is 7.08. The van der Waals surface area contributed by atoms with E-state index in [0.29, 0.717) is 16.9 Å². The van der Waals surface area contributed by atoms with Gasteiger partial charge < -0.3 is 5.73 Å². The van der Waals surface area contributed by atoms with Crippen molar-refractivity contribution in [3.63, 3.8) is 0 Å². The minimum atomic E-state index is -0.161. The molecule has 15 heavy (non-hydrogen) atoms. The summed E-state index contributed by atoms with van der Waals surface area (Å²) in [6.45, 7) is 3.48. The van der Waals surface area contributed by atoms with Crippen LogP contribution in [0.4, 0.5) is 10.2 Å². The van der Waals surface area contributed by atoms with Crippen LogP contribution >= 0.6 is 0 Å². The summed E-state index contributed by atoms with van der Waals surface area (Å²) >= 11 is 0. The van der Waals surface area contributed by atoms with Crippen LogP contribution in [-0.4, -0.2) is 10.2 Å². The second-order valence-corrected chi connectivity index (χ2v) is 3.63. The van der Waals surface area contributed by atoms with Crippen molar-refractivity contribution in [3.8, 4) is 11.3 Å². The molecule has 1 aromatic carbocycles. The molecular formula is C11H12FN3. The average molecular weight is 205 g/mol. The van der Waals surface area contributed by atoms with Crippen molar-refractivity contribution in [3.05, 3.63) is 35.1 Å². The van der Waals surface area contributed by atoms with Gasteiger partial charge in [-0.25, -0.2) is 4.39 Å². The van der Waals surface area contributed by atoms with Gasteiger partial charge >= 0.3 is 0 Å². The number of hydrogen-bond donors (Lipinski definition) is 2. The number of nitrogen functional groups attached to an aromatic ring is 1. The zero-order chi connectivity index (χ0) is 11.0. The number of nitrogens with one attached hydrogen (secondary N) is 1. The van der Waals surface area contributed by atoms with E-state index in [-0.39, 0.29) is 5.82 Å². The molecule has 0 aliphatic heterocycles. The van der Waals surface area contributed by atoms with E-state index in [1.54, 1.807) is 32.0 Å². The third kappa shape index (κ3) is 1.70. The molecule has 0 atom stereocenters. The Kier molecular flexibility index (Phi) is 2.19. The van der Waals surface area contributed by atoms with Crippen LogP contribution in [0.5, 0.6) is 0 Å². The number of aromatic amines is 1. The molecule has 2 aromatic rings. The number of halogens is 1. The molecule has 78 valence electrons. The summed E-state index contributed by atoms with van der Waals surface area (Å²) in [6.07, 6.45) is 0. The largest absolute Gasteiger partial charge is 0.382 e. The minimum absolute atomic E-state index is 0.161. The maximum absolute atomic E-state index is 13.4. The Morgan fingerprint density at radius 2 is 1.80 bits per heavy atom. The molecule has 0 unspecified atom stereocenters. The maximum atomic E-state index is 13.4. The van der Waals surface area contributed by atoms with Crippen molar-refractivity contribution in [1.29, 1.82) is 0 Å². The molecule has 2 rings (SSSR count). The molecule has 0 fully saturated rings. The Morgan fingerprint density at radius 3 is 2.27 bits per heavy atom. The summed E-state index contributed by atoms with van der Waals surface area (Å²) in [7, 11) is 0. The van der Waals surface area contributed by atoms with Crippen LogP contribution in [-0.2, 0) is 0 Å². The van der Waals surface area contributed by atoms with Gasteiger partial charge in [-0.1, -0.05) is 0 Å². The molecule has 0 saturated heterocycles. The van der Waals surface area contributed by atoms with Crippen molar-refractivity contribution in [2.75, 3.05) is 5.73 Å². The lowest BCUT2D eigenvalue weighted by molar-refractivity contribution is 0.609. The Morgan fingerprint density at radius 1 is 1.20 bits per heavy atom. The highest BCUT2D eigenvalue weighted by atomic mass is 19.1. The van der Waals surface area contributed by atoms with E-state index in [1.807, 2.05) is 0 Å². The first kappa shape index (κ1) is 9.71. The molecule has 3 nitrogen and oxygen atoms in total. The van der Waals surface area contributed by atoms with Crippen molar-refractivity contribution >= 4 is 5.82 Å². The maximum Gasteiger partial charge on any atom is 0.145 e. The molecule has 1 aromatic heterocycles. The SMILES string of the molecule is Cc1cc(-c2cc(N)n[nH]2)cc(C)c1F. The van der Waals surface area contributed by atoms with Gasteiger partial charge in [0.05, 0.1) is 5.69 Å². The van der Waals surface area contributed by atoms with Gasteiger partial charge in [0.1, 0.15) is 11.6 Å². The third-order valence-electron chi connectivity index (χ3n) is 2.35. The van der Waals surface area contributed by atoms with Crippen molar-refractivity contribution in [1.82, 2.24) is 10.2 Å². The Bertz CT molecular complexity index is 479. The number of nitrogens with zero attached hydrogens (tertiary/aromatic N) is 1. The van der Waals surface area contributed by atoms with Crippen LogP contribution in [0.15, 0.2) is 18.2 Å². The van der Waals surface area contributed by atoms with Gasteiger partial charge in [0.25, 0.3) is 0 Å². The average Bonchev–Trinajstić information content (AvgIpc) is 2.60. The quantitative estimate of drug-likeness (QED) is 0.751. The van der Waals surface area contributed by atoms with Crippen molar-refractivity contribution < 1.29 is 4.39 Å². The van der Waals surface area contributed by atoms with Crippen LogP contribution in [0.2, 0.25) is 0 Å². The van der Waals surface area contributed by atoms with E-state index in [0.717, 1.165) is 11.3 Å². The number of aryl methyl sites for hydroxylation is 2. The van der Waals surface area contributed by atoms with E-state index in [4.69, 9.17) is 5.73 Å². The highest BCUT2D eigenvalue weighted by Crippen LogP contribution is 2.23. The number of anilines is 1. The summed E-state index contributed by atoms with van der Waals surface area (Å²) < 4.78 is 13.4. The van der Waals surface area contributed by atoms with Crippen LogP contribution < -0.4 is 5.73 Å². The predicted octanol–water partition coefficient (Wildman–Crippen LogP) is 2.41. The topological polar surface area (TPSA) is 54.7 Å². The van der Waals surface area contributed by atoms with Crippen LogP contribution in [0.25, 0.3) is 11.3 Å². The number of benzene rings is 1. The lowest BCUT2D eigenvalue weighted by Crippen LogP contribution is -1.89. The molecular weight excluding hydrogens is 193 g/mol. The second-order valence-electron chi connectivity index (χ2n) is 3.63. The Labute approximate surface area is 87.1 Å². The number of aromatic nitrogens is 2. The summed E-state index contributed by atoms with van der Waals surface area (Å²) in [4.78, 5) is 0. The van der Waals surface area contributed by atoms with Gasteiger partial charge in [-0.3, -0.25) is 5.10 Å². The van der Waals surface area contributed by atoms with Crippen LogP contribution in [0, 0.1) is 19.7 Å². The van der Waals surface area contributed by atoms with Gasteiger partial charge in [0.15, 0.2) is 0 Å². The van der Waals surface area contributed by atoms with Crippen molar-refractivity contribution in [2.24, 2.45) is 0 Å². The Balaban J connectivity index is 2.55. The molecule has 4 heteroatoms. The summed E-state index contributed by atoms with van der Waals surface area (Å²) in [6, 6.07) is 5.27. The zero-order valence-electron chi connectivity index (χ0n) is 8.63. The van der Waals surface area contributed by atoms with Gasteiger partial charge in [-0.15, -0.1) is 0 Å². The molecule has 1 heterocycles. The number of rotatable bonds is 1.